The molecule has 0 aliphatic heterocycles. The van der Waals surface area contributed by atoms with Gasteiger partial charge in [-0.1, -0.05) is 6.07 Å². The van der Waals surface area contributed by atoms with Gasteiger partial charge in [0.2, 0.25) is 6.10 Å². The Morgan fingerprint density at radius 3 is 2.80 bits per heavy atom. The molecule has 1 aromatic carbocycles. The number of nitrogens with one attached hydrogen (secondary N) is 2. The van der Waals surface area contributed by atoms with Gasteiger partial charge in [0, 0.05) is 18.5 Å². The van der Waals surface area contributed by atoms with Crippen LogP contribution in [0, 0.1) is 5.82 Å². The summed E-state index contributed by atoms with van der Waals surface area (Å²) in [6.45, 7) is 0.411. The number of pyridine rings is 1. The molecule has 0 saturated heterocycles. The number of benzene rings is 1. The number of hydrogen-bond donors (Lipinski definition) is 2. The number of carbonyl (C=O) groups is 2. The van der Waals surface area contributed by atoms with Crippen LogP contribution in [-0.4, -0.2) is 59.0 Å². The fraction of sp³-hybridized carbons (Fsp3) is 0.231. The Bertz CT molecular complexity index is 1720. The van der Waals surface area contributed by atoms with Gasteiger partial charge in [-0.05, 0) is 52.9 Å². The summed E-state index contributed by atoms with van der Waals surface area (Å²) in [5.41, 5.74) is 2.70. The van der Waals surface area contributed by atoms with Gasteiger partial charge in [0.25, 0.3) is 12.4 Å². The van der Waals surface area contributed by atoms with E-state index in [-0.39, 0.29) is 29.3 Å². The highest BCUT2D eigenvalue weighted by atomic mass is 19.1. The molecule has 1 aliphatic rings. The summed E-state index contributed by atoms with van der Waals surface area (Å²) in [5, 5.41) is 16.5. The Morgan fingerprint density at radius 2 is 2.05 bits per heavy atom. The molecule has 41 heavy (non-hydrogen) atoms. The van der Waals surface area contributed by atoms with E-state index in [1.165, 1.54) is 56.4 Å². The highest BCUT2D eigenvalue weighted by Gasteiger charge is 2.32. The lowest BCUT2D eigenvalue weighted by Crippen LogP contribution is -2.26. The van der Waals surface area contributed by atoms with Gasteiger partial charge in [0.15, 0.2) is 11.6 Å². The van der Waals surface area contributed by atoms with Crippen LogP contribution in [0.15, 0.2) is 55.4 Å². The Labute approximate surface area is 231 Å². The van der Waals surface area contributed by atoms with Crippen LogP contribution >= 0.6 is 0 Å². The summed E-state index contributed by atoms with van der Waals surface area (Å²) < 4.78 is 28.7. The van der Waals surface area contributed by atoms with Crippen molar-refractivity contribution in [1.29, 1.82) is 0 Å². The van der Waals surface area contributed by atoms with E-state index in [1.54, 1.807) is 0 Å². The monoisotopic (exact) mass is 558 g/mol. The first-order valence-corrected chi connectivity index (χ1v) is 12.6. The lowest BCUT2D eigenvalue weighted by atomic mass is 10.0. The molecule has 15 heteroatoms. The van der Waals surface area contributed by atoms with E-state index in [0.717, 1.165) is 16.0 Å². The van der Waals surface area contributed by atoms with Crippen LogP contribution in [-0.2, 0) is 20.9 Å². The van der Waals surface area contributed by atoms with Crippen LogP contribution in [0.5, 0.6) is 5.75 Å². The average Bonchev–Trinajstić information content (AvgIpc) is 3.52. The van der Waals surface area contributed by atoms with Crippen molar-refractivity contribution in [3.8, 4) is 11.4 Å². The second-order valence-electron chi connectivity index (χ2n) is 9.25. The molecule has 0 spiro atoms. The van der Waals surface area contributed by atoms with E-state index in [0.29, 0.717) is 18.3 Å². The van der Waals surface area contributed by atoms with Crippen molar-refractivity contribution < 1.29 is 23.5 Å². The van der Waals surface area contributed by atoms with Gasteiger partial charge in [-0.2, -0.15) is 4.68 Å². The van der Waals surface area contributed by atoms with Gasteiger partial charge in [0.1, 0.15) is 29.9 Å². The Kier molecular flexibility index (Phi) is 6.89. The summed E-state index contributed by atoms with van der Waals surface area (Å²) in [7, 11) is 1.27. The number of fused-ring (bicyclic) bond motifs is 1. The van der Waals surface area contributed by atoms with E-state index in [9.17, 15) is 9.59 Å². The zero-order valence-corrected chi connectivity index (χ0v) is 21.6. The topological polar surface area (TPSA) is 163 Å². The van der Waals surface area contributed by atoms with Crippen LogP contribution < -0.4 is 15.4 Å². The maximum Gasteiger partial charge on any atom is 0.294 e. The average molecular weight is 559 g/mol. The van der Waals surface area contributed by atoms with Gasteiger partial charge in [-0.15, -0.1) is 5.10 Å². The molecule has 4 aromatic heterocycles. The fourth-order valence-electron chi connectivity index (χ4n) is 4.46. The molecule has 5 aromatic rings. The number of nitrogens with zero attached hydrogens (tertiary/aromatic N) is 8. The molecule has 1 aliphatic carbocycles. The molecule has 14 nitrogen and oxygen atoms in total. The Balaban J connectivity index is 1.20. The first-order valence-electron chi connectivity index (χ1n) is 12.6. The first kappa shape index (κ1) is 25.8. The number of anilines is 2. The third kappa shape index (κ3) is 5.36. The van der Waals surface area contributed by atoms with E-state index in [1.807, 2.05) is 16.7 Å². The van der Waals surface area contributed by atoms with Crippen molar-refractivity contribution in [3.63, 3.8) is 0 Å². The Morgan fingerprint density at radius 1 is 1.20 bits per heavy atom. The summed E-state index contributed by atoms with van der Waals surface area (Å²) in [6, 6.07) is 8.37. The third-order valence-electron chi connectivity index (χ3n) is 6.57. The van der Waals surface area contributed by atoms with Crippen LogP contribution in [0.25, 0.3) is 11.3 Å². The lowest BCUT2D eigenvalue weighted by Gasteiger charge is -2.20. The number of carbonyl (C=O) groups excluding carboxylic acids is 2. The molecule has 2 N–H and O–H groups in total. The zero-order chi connectivity index (χ0) is 28.3. The highest BCUT2D eigenvalue weighted by Crippen LogP contribution is 2.40. The second-order valence-corrected chi connectivity index (χ2v) is 9.25. The minimum Gasteiger partial charge on any atom is -0.494 e. The molecule has 4 heterocycles. The van der Waals surface area contributed by atoms with Crippen molar-refractivity contribution in [1.82, 2.24) is 39.6 Å². The number of tetrazole rings is 1. The molecule has 1 saturated carbocycles. The van der Waals surface area contributed by atoms with Gasteiger partial charge in [-0.3, -0.25) is 9.59 Å². The predicted octanol–water partition coefficient (Wildman–Crippen LogP) is 2.59. The first-order chi connectivity index (χ1) is 20.0. The van der Waals surface area contributed by atoms with E-state index >= 15 is 4.39 Å². The SMILES string of the molecule is COc1ccc(-n2cnnn2)c(C(OC=O)C(=O)Nc2cc(NCc3cn4cc(C5CC5)ccc4n3)ncn2)c1F. The molecule has 1 unspecified atom stereocenters. The molecule has 1 fully saturated rings. The number of methoxy groups -OCH3 is 1. The quantitative estimate of drug-likeness (QED) is 0.229. The van der Waals surface area contributed by atoms with Gasteiger partial charge in [0.05, 0.1) is 30.6 Å². The standard InChI is InChI=1S/C26H23FN10O4/c1-40-19-6-5-18(37-13-31-34-35-37)23(24(19)27)25(41-14-38)26(39)33-21-8-20(29-12-30-21)28-9-17-11-36-10-16(15-2-3-15)4-7-22(36)32-17/h4-8,10-15,25H,2-3,9H2,1H3,(H2,28,29,30,33,39). The molecule has 6 rings (SSSR count). The van der Waals surface area contributed by atoms with Gasteiger partial charge >= 0.3 is 0 Å². The van der Waals surface area contributed by atoms with E-state index < -0.39 is 17.8 Å². The fourth-order valence-corrected chi connectivity index (χ4v) is 4.46. The highest BCUT2D eigenvalue weighted by molar-refractivity contribution is 5.95. The molecular formula is C26H23FN10O4. The van der Waals surface area contributed by atoms with Crippen LogP contribution in [0.3, 0.4) is 0 Å². The largest absolute Gasteiger partial charge is 0.494 e. The molecule has 0 radical (unpaired) electrons. The number of imidazole rings is 1. The number of aromatic nitrogens is 8. The van der Waals surface area contributed by atoms with Crippen molar-refractivity contribution in [2.45, 2.75) is 31.4 Å². The Hall–Kier alpha value is -5.47. The number of halogens is 1. The minimum atomic E-state index is -1.73. The van der Waals surface area contributed by atoms with Crippen molar-refractivity contribution in [2.24, 2.45) is 0 Å². The molecular weight excluding hydrogens is 535 g/mol. The third-order valence-corrected chi connectivity index (χ3v) is 6.57. The molecule has 1 amide bonds. The number of hydrogen-bond acceptors (Lipinski definition) is 11. The summed E-state index contributed by atoms with van der Waals surface area (Å²) in [6.07, 6.45) is 7.22. The molecule has 0 bridgehead atoms. The number of rotatable bonds is 11. The second kappa shape index (κ2) is 11.0. The summed E-state index contributed by atoms with van der Waals surface area (Å²) >= 11 is 0. The number of ether oxygens (including phenoxy) is 2. The van der Waals surface area contributed by atoms with Crippen molar-refractivity contribution in [3.05, 3.63) is 78.0 Å². The predicted molar refractivity (Wildman–Crippen MR) is 141 cm³/mol. The van der Waals surface area contributed by atoms with Gasteiger partial charge < -0.3 is 24.5 Å². The number of amides is 1. The van der Waals surface area contributed by atoms with E-state index in [4.69, 9.17) is 9.47 Å². The normalized spacial score (nSPS) is 13.5. The lowest BCUT2D eigenvalue weighted by molar-refractivity contribution is -0.143. The van der Waals surface area contributed by atoms with Crippen LogP contribution in [0.1, 0.15) is 41.7 Å². The maximum atomic E-state index is 15.4. The van der Waals surface area contributed by atoms with Gasteiger partial charge in [-0.25, -0.2) is 19.3 Å². The molecule has 1 atom stereocenters. The van der Waals surface area contributed by atoms with Crippen LogP contribution in [0.4, 0.5) is 16.0 Å². The van der Waals surface area contributed by atoms with Crippen molar-refractivity contribution >= 4 is 29.7 Å². The smallest absolute Gasteiger partial charge is 0.294 e. The summed E-state index contributed by atoms with van der Waals surface area (Å²) in [4.78, 5) is 37.5. The zero-order valence-electron chi connectivity index (χ0n) is 21.6. The molecule has 208 valence electrons. The maximum absolute atomic E-state index is 15.4. The van der Waals surface area contributed by atoms with Crippen molar-refractivity contribution in [2.75, 3.05) is 17.7 Å². The van der Waals surface area contributed by atoms with Crippen LogP contribution in [0.2, 0.25) is 0 Å². The summed E-state index contributed by atoms with van der Waals surface area (Å²) in [5.74, 6) is -0.849. The minimum absolute atomic E-state index is 0.0436. The van der Waals surface area contributed by atoms with E-state index in [2.05, 4.69) is 53.4 Å².